The van der Waals surface area contributed by atoms with Gasteiger partial charge in [0.05, 0.1) is 0 Å². The van der Waals surface area contributed by atoms with E-state index in [0.29, 0.717) is 0 Å². The maximum atomic E-state index is 9.53. The van der Waals surface area contributed by atoms with Gasteiger partial charge in [0.2, 0.25) is 0 Å². The molecule has 0 aliphatic heterocycles. The molecule has 0 fully saturated rings. The van der Waals surface area contributed by atoms with Crippen LogP contribution in [0.25, 0.3) is 0 Å². The Kier molecular flexibility index (Phi) is 23.5. The largest absolute Gasteiger partial charge is 4.00 e. The molecule has 0 saturated heterocycles. The second-order valence-corrected chi connectivity index (χ2v) is 5.91. The molecule has 0 saturated carbocycles. The molecular weight excluding hydrogens is 312 g/mol. The molecule has 0 heterocycles. The Morgan fingerprint density at radius 3 is 0.773 bits per heavy atom. The van der Waals surface area contributed by atoms with Gasteiger partial charge < -0.3 is 15.3 Å². The third-order valence-electron chi connectivity index (χ3n) is 2.18. The van der Waals surface area contributed by atoms with Gasteiger partial charge in [-0.3, -0.25) is 0 Å². The SMILES string of the molecule is CC(C)[O-].CC(C)[O-].CC(C)[O-].Cc1[cH-]c(C)c(C)c1C.[Ti+4]. The van der Waals surface area contributed by atoms with Crippen LogP contribution in [0, 0.1) is 27.7 Å². The van der Waals surface area contributed by atoms with E-state index in [1.165, 1.54) is 22.3 Å². The van der Waals surface area contributed by atoms with Crippen molar-refractivity contribution < 1.29 is 37.0 Å². The molecule has 0 aromatic heterocycles. The minimum Gasteiger partial charge on any atom is -0.852 e. The molecule has 0 aliphatic carbocycles. The monoisotopic (exact) mass is 346 g/mol. The van der Waals surface area contributed by atoms with Crippen LogP contribution in [0.4, 0.5) is 0 Å². The van der Waals surface area contributed by atoms with Gasteiger partial charge in [-0.15, -0.1) is 18.3 Å². The average Bonchev–Trinajstić information content (AvgIpc) is 2.43. The van der Waals surface area contributed by atoms with Gasteiger partial charge >= 0.3 is 21.7 Å². The first-order valence-corrected chi connectivity index (χ1v) is 7.50. The van der Waals surface area contributed by atoms with Crippen molar-refractivity contribution in [2.24, 2.45) is 0 Å². The molecule has 0 radical (unpaired) electrons. The Balaban J connectivity index is -0.000000107. The van der Waals surface area contributed by atoms with E-state index in [9.17, 15) is 15.3 Å². The van der Waals surface area contributed by atoms with Crippen molar-refractivity contribution in [3.05, 3.63) is 28.3 Å². The third-order valence-corrected chi connectivity index (χ3v) is 2.18. The summed E-state index contributed by atoms with van der Waals surface area (Å²) < 4.78 is 0. The van der Waals surface area contributed by atoms with Gasteiger partial charge in [0, 0.05) is 0 Å². The second kappa shape index (κ2) is 17.3. The summed E-state index contributed by atoms with van der Waals surface area (Å²) in [6.07, 6.45) is -1.25. The fourth-order valence-electron chi connectivity index (χ4n) is 1.13. The molecule has 4 heteroatoms. The van der Waals surface area contributed by atoms with Crippen molar-refractivity contribution in [1.82, 2.24) is 0 Å². The third kappa shape index (κ3) is 28.2. The molecule has 0 atom stereocenters. The molecule has 0 spiro atoms. The zero-order chi connectivity index (χ0) is 17.7. The molecule has 22 heavy (non-hydrogen) atoms. The van der Waals surface area contributed by atoms with Gasteiger partial charge in [-0.1, -0.05) is 69.2 Å². The normalized spacial score (nSPS) is 9.09. The van der Waals surface area contributed by atoms with Crippen molar-refractivity contribution >= 4 is 0 Å². The number of aryl methyl sites for hydroxylation is 2. The van der Waals surface area contributed by atoms with Gasteiger partial charge in [-0.2, -0.15) is 28.3 Å². The van der Waals surface area contributed by atoms with Crippen LogP contribution in [0.15, 0.2) is 6.07 Å². The molecule has 0 amide bonds. The summed E-state index contributed by atoms with van der Waals surface area (Å²) in [4.78, 5) is 0. The fourth-order valence-corrected chi connectivity index (χ4v) is 1.13. The van der Waals surface area contributed by atoms with E-state index in [0.717, 1.165) is 0 Å². The predicted molar refractivity (Wildman–Crippen MR) is 86.4 cm³/mol. The number of hydrogen-bond donors (Lipinski definition) is 0. The van der Waals surface area contributed by atoms with Gasteiger partial charge in [0.25, 0.3) is 0 Å². The summed E-state index contributed by atoms with van der Waals surface area (Å²) in [6, 6.07) is 2.24. The van der Waals surface area contributed by atoms with Crippen molar-refractivity contribution in [2.45, 2.75) is 87.5 Å². The van der Waals surface area contributed by atoms with Crippen LogP contribution >= 0.6 is 0 Å². The van der Waals surface area contributed by atoms with Crippen molar-refractivity contribution in [1.29, 1.82) is 0 Å². The van der Waals surface area contributed by atoms with E-state index in [2.05, 4.69) is 33.8 Å². The minimum atomic E-state index is -0.417. The predicted octanol–water partition coefficient (Wildman–Crippen LogP) is 1.90. The van der Waals surface area contributed by atoms with Crippen molar-refractivity contribution in [3.8, 4) is 0 Å². The standard InChI is InChI=1S/C9H13.3C3H7O.Ti/c1-6-5-7(2)9(4)8(6)3;3*1-3(2)4;/h5H,1-4H3;3*3H,1-2H3;/q4*-1;+4. The maximum absolute atomic E-state index is 9.53. The van der Waals surface area contributed by atoms with E-state index in [1.807, 2.05) is 0 Å². The zero-order valence-corrected chi connectivity index (χ0v) is 17.6. The summed E-state index contributed by atoms with van der Waals surface area (Å²) in [5.74, 6) is 0. The van der Waals surface area contributed by atoms with Gasteiger partial charge in [-0.25, -0.2) is 0 Å². The topological polar surface area (TPSA) is 69.2 Å². The Labute approximate surface area is 153 Å². The Morgan fingerprint density at radius 2 is 0.727 bits per heavy atom. The molecule has 0 N–H and O–H groups in total. The minimum absolute atomic E-state index is 0. The first-order chi connectivity index (χ1) is 9.32. The van der Waals surface area contributed by atoms with E-state index < -0.39 is 18.3 Å². The van der Waals surface area contributed by atoms with Crippen LogP contribution in [-0.4, -0.2) is 18.3 Å². The van der Waals surface area contributed by atoms with E-state index >= 15 is 0 Å². The summed E-state index contributed by atoms with van der Waals surface area (Å²) in [7, 11) is 0. The molecular formula is C18H34O3Ti. The number of rotatable bonds is 0. The summed E-state index contributed by atoms with van der Waals surface area (Å²) in [6.45, 7) is 18.3. The van der Waals surface area contributed by atoms with Gasteiger partial charge in [-0.05, 0) is 0 Å². The van der Waals surface area contributed by atoms with Crippen LogP contribution < -0.4 is 15.3 Å². The molecule has 128 valence electrons. The van der Waals surface area contributed by atoms with Crippen LogP contribution in [-0.2, 0) is 21.7 Å². The Morgan fingerprint density at radius 1 is 0.591 bits per heavy atom. The first-order valence-electron chi connectivity index (χ1n) is 7.50. The van der Waals surface area contributed by atoms with E-state index in [4.69, 9.17) is 0 Å². The van der Waals surface area contributed by atoms with Crippen LogP contribution in [0.5, 0.6) is 0 Å². The second-order valence-electron chi connectivity index (χ2n) is 5.91. The van der Waals surface area contributed by atoms with E-state index in [1.54, 1.807) is 41.5 Å². The number of hydrogen-bond acceptors (Lipinski definition) is 3. The zero-order valence-electron chi connectivity index (χ0n) is 16.0. The molecule has 0 bridgehead atoms. The molecule has 1 aromatic rings. The molecule has 3 nitrogen and oxygen atoms in total. The van der Waals surface area contributed by atoms with Crippen molar-refractivity contribution in [2.75, 3.05) is 0 Å². The molecule has 1 rings (SSSR count). The Bertz CT molecular complexity index is 297. The molecule has 1 aromatic carbocycles. The smallest absolute Gasteiger partial charge is 0.852 e. The summed E-state index contributed by atoms with van der Waals surface area (Å²) >= 11 is 0. The molecule has 0 unspecified atom stereocenters. The Hall–Kier alpha value is -0.0557. The molecule has 0 aliphatic rings. The van der Waals surface area contributed by atoms with Gasteiger partial charge in [0.1, 0.15) is 0 Å². The maximum Gasteiger partial charge on any atom is 4.00 e. The quantitative estimate of drug-likeness (QED) is 0.532. The van der Waals surface area contributed by atoms with Crippen LogP contribution in [0.2, 0.25) is 0 Å². The van der Waals surface area contributed by atoms with Crippen LogP contribution in [0.1, 0.15) is 63.8 Å². The average molecular weight is 346 g/mol. The fraction of sp³-hybridized carbons (Fsp3) is 0.722. The van der Waals surface area contributed by atoms with Crippen molar-refractivity contribution in [3.63, 3.8) is 0 Å². The summed E-state index contributed by atoms with van der Waals surface area (Å²) in [5.41, 5.74) is 5.75. The van der Waals surface area contributed by atoms with Crippen LogP contribution in [0.3, 0.4) is 0 Å². The van der Waals surface area contributed by atoms with E-state index in [-0.39, 0.29) is 21.7 Å². The summed E-state index contributed by atoms with van der Waals surface area (Å²) in [5, 5.41) is 28.6. The first kappa shape index (κ1) is 29.9. The van der Waals surface area contributed by atoms with Gasteiger partial charge in [0.15, 0.2) is 0 Å².